The number of carbonyl (C=O) groups excluding carboxylic acids is 1. The molecule has 0 fully saturated rings. The first kappa shape index (κ1) is 14.2. The first-order chi connectivity index (χ1) is 10.4. The van der Waals surface area contributed by atoms with Crippen molar-refractivity contribution in [2.75, 3.05) is 5.32 Å². The molecule has 2 aromatic heterocycles. The molecule has 0 radical (unpaired) electrons. The molecule has 0 aliphatic heterocycles. The van der Waals surface area contributed by atoms with Crippen LogP contribution in [0.15, 0.2) is 41.1 Å². The van der Waals surface area contributed by atoms with E-state index >= 15 is 0 Å². The lowest BCUT2D eigenvalue weighted by atomic mass is 9.93. The van der Waals surface area contributed by atoms with Gasteiger partial charge in [-0.05, 0) is 12.1 Å². The predicted molar refractivity (Wildman–Crippen MR) is 82.7 cm³/mol. The summed E-state index contributed by atoms with van der Waals surface area (Å²) in [4.78, 5) is 20.7. The number of benzene rings is 1. The maximum Gasteiger partial charge on any atom is 0.277 e. The van der Waals surface area contributed by atoms with Gasteiger partial charge in [-0.15, -0.1) is 0 Å². The molecule has 0 saturated carbocycles. The van der Waals surface area contributed by atoms with Crippen LogP contribution < -0.4 is 5.32 Å². The van der Waals surface area contributed by atoms with E-state index in [1.54, 1.807) is 6.07 Å². The third kappa shape index (κ3) is 2.81. The number of anilines is 1. The summed E-state index contributed by atoms with van der Waals surface area (Å²) >= 11 is 0. The molecule has 3 aromatic rings. The number of hydrogen-bond acceptors (Lipinski definition) is 5. The molecule has 0 unspecified atom stereocenters. The lowest BCUT2D eigenvalue weighted by Gasteiger charge is -2.11. The molecule has 6 nitrogen and oxygen atoms in total. The minimum atomic E-state index is -0.369. The van der Waals surface area contributed by atoms with E-state index in [9.17, 15) is 4.79 Å². The van der Waals surface area contributed by atoms with Gasteiger partial charge in [0.05, 0.1) is 17.2 Å². The van der Waals surface area contributed by atoms with Crippen LogP contribution in [-0.2, 0) is 5.41 Å². The second kappa shape index (κ2) is 5.22. The molecule has 0 bridgehead atoms. The summed E-state index contributed by atoms with van der Waals surface area (Å²) in [6.45, 7) is 6.02. The van der Waals surface area contributed by atoms with E-state index in [1.165, 1.54) is 6.20 Å². The number of nitrogens with zero attached hydrogens (tertiary/aromatic N) is 3. The van der Waals surface area contributed by atoms with Crippen molar-refractivity contribution in [3.8, 4) is 0 Å². The van der Waals surface area contributed by atoms with Crippen molar-refractivity contribution < 1.29 is 9.32 Å². The van der Waals surface area contributed by atoms with Crippen LogP contribution in [0.2, 0.25) is 0 Å². The van der Waals surface area contributed by atoms with Gasteiger partial charge in [0.2, 0.25) is 0 Å². The van der Waals surface area contributed by atoms with Crippen LogP contribution in [0.4, 0.5) is 5.82 Å². The van der Waals surface area contributed by atoms with Crippen LogP contribution in [-0.4, -0.2) is 21.0 Å². The summed E-state index contributed by atoms with van der Waals surface area (Å²) < 4.78 is 5.24. The number of rotatable bonds is 2. The van der Waals surface area contributed by atoms with Gasteiger partial charge in [0.25, 0.3) is 5.91 Å². The second-order valence-electron chi connectivity index (χ2n) is 6.02. The third-order valence-electron chi connectivity index (χ3n) is 3.17. The molecule has 22 heavy (non-hydrogen) atoms. The van der Waals surface area contributed by atoms with Gasteiger partial charge in [0.1, 0.15) is 11.5 Å². The largest absolute Gasteiger partial charge is 0.359 e. The number of hydrogen-bond donors (Lipinski definition) is 1. The van der Waals surface area contributed by atoms with Gasteiger partial charge in [-0.25, -0.2) is 4.98 Å². The number of aromatic nitrogens is 3. The zero-order valence-electron chi connectivity index (χ0n) is 12.6. The average molecular weight is 296 g/mol. The Hall–Kier alpha value is -2.76. The molecule has 1 N–H and O–H groups in total. The van der Waals surface area contributed by atoms with Gasteiger partial charge in [0.15, 0.2) is 5.82 Å². The van der Waals surface area contributed by atoms with Crippen LogP contribution in [0.3, 0.4) is 0 Å². The van der Waals surface area contributed by atoms with Crippen molar-refractivity contribution in [1.82, 2.24) is 15.1 Å². The monoisotopic (exact) mass is 296 g/mol. The molecular weight excluding hydrogens is 280 g/mol. The van der Waals surface area contributed by atoms with Crippen LogP contribution in [0.5, 0.6) is 0 Å². The van der Waals surface area contributed by atoms with Gasteiger partial charge >= 0.3 is 0 Å². The second-order valence-corrected chi connectivity index (χ2v) is 6.02. The highest BCUT2D eigenvalue weighted by molar-refractivity contribution is 6.02. The minimum absolute atomic E-state index is 0.168. The fourth-order valence-electron chi connectivity index (χ4n) is 1.93. The minimum Gasteiger partial charge on any atom is -0.359 e. The zero-order chi connectivity index (χ0) is 15.7. The lowest BCUT2D eigenvalue weighted by Crippen LogP contribution is -2.14. The number of amides is 1. The number of fused-ring (bicyclic) bond motifs is 1. The molecule has 0 atom stereocenters. The van der Waals surface area contributed by atoms with Crippen LogP contribution in [0.1, 0.15) is 37.0 Å². The third-order valence-corrected chi connectivity index (χ3v) is 3.17. The van der Waals surface area contributed by atoms with E-state index in [2.05, 4.69) is 20.4 Å². The molecule has 0 spiro atoms. The molecular formula is C16H16N4O2. The molecule has 1 amide bonds. The van der Waals surface area contributed by atoms with E-state index in [0.717, 1.165) is 5.52 Å². The Labute approximate surface area is 127 Å². The van der Waals surface area contributed by atoms with Crippen molar-refractivity contribution in [3.63, 3.8) is 0 Å². The highest BCUT2D eigenvalue weighted by Crippen LogP contribution is 2.24. The Morgan fingerprint density at radius 3 is 2.59 bits per heavy atom. The van der Waals surface area contributed by atoms with E-state index in [0.29, 0.717) is 17.1 Å². The summed E-state index contributed by atoms with van der Waals surface area (Å²) in [5.74, 6) is 0.698. The van der Waals surface area contributed by atoms with Crippen molar-refractivity contribution in [2.24, 2.45) is 0 Å². The van der Waals surface area contributed by atoms with Crippen LogP contribution >= 0.6 is 0 Å². The normalized spacial score (nSPS) is 11.6. The zero-order valence-corrected chi connectivity index (χ0v) is 12.6. The average Bonchev–Trinajstić information content (AvgIpc) is 2.95. The predicted octanol–water partition coefficient (Wildman–Crippen LogP) is 3.17. The van der Waals surface area contributed by atoms with Crippen molar-refractivity contribution >= 4 is 22.8 Å². The van der Waals surface area contributed by atoms with Crippen LogP contribution in [0.25, 0.3) is 11.0 Å². The Balaban J connectivity index is 1.82. The summed E-state index contributed by atoms with van der Waals surface area (Å²) in [7, 11) is 0. The first-order valence-electron chi connectivity index (χ1n) is 6.94. The molecule has 6 heteroatoms. The SMILES string of the molecule is CC(C)(C)c1cc(NC(=O)c2cnc3ccccc3n2)no1. The maximum absolute atomic E-state index is 12.2. The molecule has 112 valence electrons. The Kier molecular flexibility index (Phi) is 3.36. The highest BCUT2D eigenvalue weighted by Gasteiger charge is 2.20. The Bertz CT molecular complexity index is 833. The van der Waals surface area contributed by atoms with Gasteiger partial charge in [-0.2, -0.15) is 0 Å². The molecule has 0 saturated heterocycles. The quantitative estimate of drug-likeness (QED) is 0.785. The summed E-state index contributed by atoms with van der Waals surface area (Å²) in [6.07, 6.45) is 1.45. The first-order valence-corrected chi connectivity index (χ1v) is 6.94. The number of para-hydroxylation sites is 2. The van der Waals surface area contributed by atoms with E-state index in [4.69, 9.17) is 4.52 Å². The maximum atomic E-state index is 12.2. The standard InChI is InChI=1S/C16H16N4O2/c1-16(2,3)13-8-14(20-22-13)19-15(21)12-9-17-10-6-4-5-7-11(10)18-12/h4-9H,1-3H3,(H,19,20,21). The van der Waals surface area contributed by atoms with E-state index in [1.807, 2.05) is 45.0 Å². The Morgan fingerprint density at radius 2 is 1.91 bits per heavy atom. The van der Waals surface area contributed by atoms with Gasteiger partial charge < -0.3 is 9.84 Å². The number of nitrogens with one attached hydrogen (secondary N) is 1. The molecule has 1 aromatic carbocycles. The molecule has 2 heterocycles. The van der Waals surface area contributed by atoms with E-state index in [-0.39, 0.29) is 17.0 Å². The fraction of sp³-hybridized carbons (Fsp3) is 0.250. The molecule has 0 aliphatic rings. The molecule has 0 aliphatic carbocycles. The smallest absolute Gasteiger partial charge is 0.277 e. The van der Waals surface area contributed by atoms with Gasteiger partial charge in [-0.1, -0.05) is 38.1 Å². The molecule has 3 rings (SSSR count). The summed E-state index contributed by atoms with van der Waals surface area (Å²) in [5.41, 5.74) is 1.49. The van der Waals surface area contributed by atoms with E-state index < -0.39 is 0 Å². The Morgan fingerprint density at radius 1 is 1.18 bits per heavy atom. The van der Waals surface area contributed by atoms with Crippen molar-refractivity contribution in [2.45, 2.75) is 26.2 Å². The van der Waals surface area contributed by atoms with Crippen molar-refractivity contribution in [3.05, 3.63) is 48.0 Å². The summed E-state index contributed by atoms with van der Waals surface area (Å²) in [6, 6.07) is 9.10. The fourth-order valence-corrected chi connectivity index (χ4v) is 1.93. The van der Waals surface area contributed by atoms with Gasteiger partial charge in [-0.3, -0.25) is 9.78 Å². The lowest BCUT2D eigenvalue weighted by molar-refractivity contribution is 0.102. The van der Waals surface area contributed by atoms with Gasteiger partial charge in [0, 0.05) is 11.5 Å². The summed E-state index contributed by atoms with van der Waals surface area (Å²) in [5, 5.41) is 6.52. The highest BCUT2D eigenvalue weighted by atomic mass is 16.5. The van der Waals surface area contributed by atoms with Crippen molar-refractivity contribution in [1.29, 1.82) is 0 Å². The number of carbonyl (C=O) groups is 1. The topological polar surface area (TPSA) is 80.9 Å². The van der Waals surface area contributed by atoms with Crippen LogP contribution in [0, 0.1) is 0 Å².